The lowest BCUT2D eigenvalue weighted by atomic mass is 10.2. The molecule has 6 heteroatoms. The van der Waals surface area contributed by atoms with Crippen molar-refractivity contribution in [2.75, 3.05) is 7.11 Å². The first kappa shape index (κ1) is 13.0. The first-order valence-corrected chi connectivity index (χ1v) is 6.99. The van der Waals surface area contributed by atoms with Gasteiger partial charge < -0.3 is 4.74 Å². The Labute approximate surface area is 117 Å². The third-order valence-electron chi connectivity index (χ3n) is 2.26. The fourth-order valence-corrected chi connectivity index (χ4v) is 2.71. The summed E-state index contributed by atoms with van der Waals surface area (Å²) in [6.07, 6.45) is 0. The molecule has 2 aromatic rings. The second-order valence-electron chi connectivity index (χ2n) is 3.50. The largest absolute Gasteiger partial charge is 0.378 e. The molecule has 0 unspecified atom stereocenters. The van der Waals surface area contributed by atoms with Gasteiger partial charge >= 0.3 is 0 Å². The Kier molecular flexibility index (Phi) is 4.14. The fourth-order valence-electron chi connectivity index (χ4n) is 1.41. The van der Waals surface area contributed by atoms with E-state index >= 15 is 0 Å². The maximum absolute atomic E-state index is 6.07. The minimum atomic E-state index is 0.402. The third-order valence-corrected chi connectivity index (χ3v) is 4.45. The van der Waals surface area contributed by atoms with E-state index in [0.29, 0.717) is 22.1 Å². The number of thiophene rings is 1. The van der Waals surface area contributed by atoms with Crippen molar-refractivity contribution in [2.24, 2.45) is 0 Å². The minimum Gasteiger partial charge on any atom is -0.378 e. The van der Waals surface area contributed by atoms with Gasteiger partial charge in [-0.1, -0.05) is 11.6 Å². The molecule has 0 N–H and O–H groups in total. The van der Waals surface area contributed by atoms with Crippen LogP contribution in [0.3, 0.4) is 0 Å². The molecule has 2 heterocycles. The molecule has 0 saturated heterocycles. The molecule has 90 valence electrons. The highest BCUT2D eigenvalue weighted by molar-refractivity contribution is 9.10. The number of methoxy groups -OCH3 is 1. The van der Waals surface area contributed by atoms with Crippen molar-refractivity contribution in [3.63, 3.8) is 0 Å². The van der Waals surface area contributed by atoms with E-state index < -0.39 is 0 Å². The van der Waals surface area contributed by atoms with Gasteiger partial charge in [-0.3, -0.25) is 0 Å². The molecule has 0 radical (unpaired) electrons. The summed E-state index contributed by atoms with van der Waals surface area (Å²) >= 11 is 11.1. The summed E-state index contributed by atoms with van der Waals surface area (Å²) in [7, 11) is 1.62. The van der Waals surface area contributed by atoms with E-state index in [1.165, 1.54) is 0 Å². The number of hydrogen-bond donors (Lipinski definition) is 0. The first-order chi connectivity index (χ1) is 8.13. The molecule has 0 amide bonds. The minimum absolute atomic E-state index is 0.402. The van der Waals surface area contributed by atoms with Gasteiger partial charge in [0.1, 0.15) is 5.15 Å². The molecule has 0 atom stereocenters. The van der Waals surface area contributed by atoms with E-state index in [2.05, 4.69) is 31.3 Å². The van der Waals surface area contributed by atoms with Gasteiger partial charge in [0.15, 0.2) is 5.82 Å². The standard InChI is InChI=1S/C11H10BrClN2OS/c1-6-4-17-5-7(6)11-14-8(3-16-2)9(12)10(13)15-11/h4-5H,3H2,1-2H3. The molecule has 0 fully saturated rings. The fraction of sp³-hybridized carbons (Fsp3) is 0.273. The third kappa shape index (κ3) is 2.68. The monoisotopic (exact) mass is 332 g/mol. The van der Waals surface area contributed by atoms with Crippen LogP contribution in [-0.4, -0.2) is 17.1 Å². The van der Waals surface area contributed by atoms with Gasteiger partial charge in [0.2, 0.25) is 0 Å². The predicted molar refractivity (Wildman–Crippen MR) is 73.5 cm³/mol. The van der Waals surface area contributed by atoms with E-state index in [1.807, 2.05) is 12.3 Å². The lowest BCUT2D eigenvalue weighted by Gasteiger charge is -2.07. The quantitative estimate of drug-likeness (QED) is 0.794. The lowest BCUT2D eigenvalue weighted by molar-refractivity contribution is 0.181. The Bertz CT molecular complexity index is 544. The van der Waals surface area contributed by atoms with Gasteiger partial charge in [0, 0.05) is 18.1 Å². The molecule has 0 aromatic carbocycles. The molecule has 0 aliphatic heterocycles. The van der Waals surface area contributed by atoms with Crippen molar-refractivity contribution < 1.29 is 4.74 Å². The molecule has 0 bridgehead atoms. The summed E-state index contributed by atoms with van der Waals surface area (Å²) in [5.41, 5.74) is 2.92. The predicted octanol–water partition coefficient (Wildman–Crippen LogP) is 4.08. The van der Waals surface area contributed by atoms with Gasteiger partial charge in [0.05, 0.1) is 16.8 Å². The number of ether oxygens (including phenoxy) is 1. The van der Waals surface area contributed by atoms with E-state index in [4.69, 9.17) is 16.3 Å². The van der Waals surface area contributed by atoms with Gasteiger partial charge in [-0.25, -0.2) is 9.97 Å². The van der Waals surface area contributed by atoms with Crippen LogP contribution >= 0.6 is 38.9 Å². The molecule has 0 aliphatic rings. The first-order valence-electron chi connectivity index (χ1n) is 4.87. The summed E-state index contributed by atoms with van der Waals surface area (Å²) in [5, 5.41) is 4.49. The number of nitrogens with zero attached hydrogens (tertiary/aromatic N) is 2. The molecular weight excluding hydrogens is 324 g/mol. The zero-order valence-electron chi connectivity index (χ0n) is 9.33. The zero-order chi connectivity index (χ0) is 12.4. The molecular formula is C11H10BrClN2OS. The summed E-state index contributed by atoms with van der Waals surface area (Å²) in [6.45, 7) is 2.43. The van der Waals surface area contributed by atoms with E-state index in [9.17, 15) is 0 Å². The van der Waals surface area contributed by atoms with E-state index in [0.717, 1.165) is 16.8 Å². The van der Waals surface area contributed by atoms with Crippen molar-refractivity contribution in [1.29, 1.82) is 0 Å². The van der Waals surface area contributed by atoms with Crippen LogP contribution in [0.15, 0.2) is 15.2 Å². The van der Waals surface area contributed by atoms with Crippen molar-refractivity contribution in [2.45, 2.75) is 13.5 Å². The Morgan fingerprint density at radius 3 is 2.76 bits per heavy atom. The Balaban J connectivity index is 2.53. The molecule has 17 heavy (non-hydrogen) atoms. The highest BCUT2D eigenvalue weighted by atomic mass is 79.9. The SMILES string of the molecule is COCc1nc(-c2cscc2C)nc(Cl)c1Br. The van der Waals surface area contributed by atoms with Gasteiger partial charge in [0.25, 0.3) is 0 Å². The van der Waals surface area contributed by atoms with Crippen molar-refractivity contribution in [3.05, 3.63) is 31.6 Å². The molecule has 0 aliphatic carbocycles. The van der Waals surface area contributed by atoms with Gasteiger partial charge in [-0.2, -0.15) is 11.3 Å². The number of halogens is 2. The van der Waals surface area contributed by atoms with Crippen LogP contribution in [-0.2, 0) is 11.3 Å². The smallest absolute Gasteiger partial charge is 0.162 e. The number of hydrogen-bond acceptors (Lipinski definition) is 4. The number of rotatable bonds is 3. The summed E-state index contributed by atoms with van der Waals surface area (Å²) in [6, 6.07) is 0. The van der Waals surface area contributed by atoms with Crippen molar-refractivity contribution >= 4 is 38.9 Å². The van der Waals surface area contributed by atoms with Crippen LogP contribution in [0, 0.1) is 6.92 Å². The number of aromatic nitrogens is 2. The van der Waals surface area contributed by atoms with Crippen LogP contribution in [0.25, 0.3) is 11.4 Å². The molecule has 2 aromatic heterocycles. The van der Waals surface area contributed by atoms with Crippen molar-refractivity contribution in [3.8, 4) is 11.4 Å². The Morgan fingerprint density at radius 1 is 1.41 bits per heavy atom. The van der Waals surface area contributed by atoms with Crippen molar-refractivity contribution in [1.82, 2.24) is 9.97 Å². The second kappa shape index (κ2) is 5.44. The summed E-state index contributed by atoms with van der Waals surface area (Å²) in [5.74, 6) is 0.643. The highest BCUT2D eigenvalue weighted by Crippen LogP contribution is 2.30. The molecule has 2 rings (SSSR count). The molecule has 0 saturated carbocycles. The zero-order valence-corrected chi connectivity index (χ0v) is 12.5. The lowest BCUT2D eigenvalue weighted by Crippen LogP contribution is -2.00. The molecule has 3 nitrogen and oxygen atoms in total. The topological polar surface area (TPSA) is 35.0 Å². The maximum Gasteiger partial charge on any atom is 0.162 e. The highest BCUT2D eigenvalue weighted by Gasteiger charge is 2.13. The molecule has 0 spiro atoms. The Hall–Kier alpha value is -0.490. The van der Waals surface area contributed by atoms with Crippen LogP contribution in [0.4, 0.5) is 0 Å². The second-order valence-corrected chi connectivity index (χ2v) is 5.39. The van der Waals surface area contributed by atoms with Crippen LogP contribution in [0.5, 0.6) is 0 Å². The van der Waals surface area contributed by atoms with Gasteiger partial charge in [-0.15, -0.1) is 0 Å². The van der Waals surface area contributed by atoms with Gasteiger partial charge in [-0.05, 0) is 33.8 Å². The Morgan fingerprint density at radius 2 is 2.18 bits per heavy atom. The average molecular weight is 334 g/mol. The normalized spacial score (nSPS) is 10.8. The van der Waals surface area contributed by atoms with Crippen LogP contribution < -0.4 is 0 Å². The average Bonchev–Trinajstić information content (AvgIpc) is 2.71. The van der Waals surface area contributed by atoms with E-state index in [-0.39, 0.29) is 0 Å². The van der Waals surface area contributed by atoms with E-state index in [1.54, 1.807) is 18.4 Å². The maximum atomic E-state index is 6.07. The number of aryl methyl sites for hydroxylation is 1. The van der Waals surface area contributed by atoms with Crippen LogP contribution in [0.1, 0.15) is 11.3 Å². The summed E-state index contributed by atoms with van der Waals surface area (Å²) in [4.78, 5) is 8.74. The van der Waals surface area contributed by atoms with Crippen LogP contribution in [0.2, 0.25) is 5.15 Å². The summed E-state index contributed by atoms with van der Waals surface area (Å²) < 4.78 is 5.78.